The molecule has 16 heavy (non-hydrogen) atoms. The van der Waals surface area contributed by atoms with E-state index in [2.05, 4.69) is 29.6 Å². The summed E-state index contributed by atoms with van der Waals surface area (Å²) in [6.07, 6.45) is 0.963. The van der Waals surface area contributed by atoms with Crippen molar-refractivity contribution in [3.05, 3.63) is 59.2 Å². The normalized spacial score (nSPS) is 12.6. The number of para-hydroxylation sites is 1. The number of aliphatic hydroxyl groups is 1. The summed E-state index contributed by atoms with van der Waals surface area (Å²) in [6.45, 7) is 0.0939. The van der Waals surface area contributed by atoms with Crippen LogP contribution in [0.4, 0.5) is 11.4 Å². The fourth-order valence-corrected chi connectivity index (χ4v) is 2.14. The van der Waals surface area contributed by atoms with Crippen LogP contribution in [-0.2, 0) is 13.0 Å². The van der Waals surface area contributed by atoms with E-state index in [4.69, 9.17) is 5.11 Å². The molecule has 2 aromatic rings. The van der Waals surface area contributed by atoms with Gasteiger partial charge in [0.25, 0.3) is 0 Å². The maximum absolute atomic E-state index is 9.11. The third-order valence-corrected chi connectivity index (χ3v) is 3.02. The molecule has 0 spiro atoms. The van der Waals surface area contributed by atoms with Crippen molar-refractivity contribution in [1.29, 1.82) is 0 Å². The van der Waals surface area contributed by atoms with Gasteiger partial charge in [-0.2, -0.15) is 0 Å². The maximum atomic E-state index is 9.11. The Kier molecular flexibility index (Phi) is 2.15. The van der Waals surface area contributed by atoms with E-state index < -0.39 is 0 Å². The molecule has 0 fully saturated rings. The summed E-state index contributed by atoms with van der Waals surface area (Å²) in [7, 11) is 0. The number of fused-ring (bicyclic) bond motifs is 2. The fourth-order valence-electron chi connectivity index (χ4n) is 2.14. The second-order valence-electron chi connectivity index (χ2n) is 4.11. The molecule has 1 aliphatic heterocycles. The van der Waals surface area contributed by atoms with Gasteiger partial charge in [0.15, 0.2) is 0 Å². The van der Waals surface area contributed by atoms with Crippen molar-refractivity contribution in [3.8, 4) is 0 Å². The van der Waals surface area contributed by atoms with Crippen LogP contribution in [0.3, 0.4) is 0 Å². The lowest BCUT2D eigenvalue weighted by Gasteiger charge is -2.21. The number of hydrogen-bond acceptors (Lipinski definition) is 2. The van der Waals surface area contributed by atoms with Crippen LogP contribution in [0.1, 0.15) is 16.7 Å². The third-order valence-electron chi connectivity index (χ3n) is 3.02. The second kappa shape index (κ2) is 3.65. The molecule has 0 saturated heterocycles. The SMILES string of the molecule is OCc1ccc2c(c1)Nc1ccccc1C2. The predicted octanol–water partition coefficient (Wildman–Crippen LogP) is 2.83. The lowest BCUT2D eigenvalue weighted by atomic mass is 9.96. The summed E-state index contributed by atoms with van der Waals surface area (Å²) in [4.78, 5) is 0. The van der Waals surface area contributed by atoms with Crippen LogP contribution in [0.15, 0.2) is 42.5 Å². The fraction of sp³-hybridized carbons (Fsp3) is 0.143. The predicted molar refractivity (Wildman–Crippen MR) is 64.9 cm³/mol. The lowest BCUT2D eigenvalue weighted by molar-refractivity contribution is 0.282. The molecule has 1 aliphatic rings. The number of benzene rings is 2. The quantitative estimate of drug-likeness (QED) is 0.648. The molecule has 2 heteroatoms. The Hall–Kier alpha value is -1.80. The summed E-state index contributed by atoms with van der Waals surface area (Å²) < 4.78 is 0. The average molecular weight is 211 g/mol. The molecule has 3 rings (SSSR count). The van der Waals surface area contributed by atoms with Crippen molar-refractivity contribution < 1.29 is 5.11 Å². The molecule has 0 unspecified atom stereocenters. The third kappa shape index (κ3) is 1.48. The Morgan fingerprint density at radius 1 is 1.00 bits per heavy atom. The van der Waals surface area contributed by atoms with Crippen molar-refractivity contribution in [3.63, 3.8) is 0 Å². The van der Waals surface area contributed by atoms with E-state index in [-0.39, 0.29) is 6.61 Å². The van der Waals surface area contributed by atoms with Gasteiger partial charge in [0.2, 0.25) is 0 Å². The van der Waals surface area contributed by atoms with Crippen molar-refractivity contribution in [1.82, 2.24) is 0 Å². The van der Waals surface area contributed by atoms with Gasteiger partial charge in [-0.25, -0.2) is 0 Å². The second-order valence-corrected chi connectivity index (χ2v) is 4.11. The highest BCUT2D eigenvalue weighted by molar-refractivity contribution is 5.71. The smallest absolute Gasteiger partial charge is 0.0682 e. The highest BCUT2D eigenvalue weighted by Crippen LogP contribution is 2.32. The number of anilines is 2. The molecule has 0 aliphatic carbocycles. The van der Waals surface area contributed by atoms with E-state index in [0.29, 0.717) is 0 Å². The highest BCUT2D eigenvalue weighted by atomic mass is 16.3. The van der Waals surface area contributed by atoms with Crippen molar-refractivity contribution >= 4 is 11.4 Å². The minimum Gasteiger partial charge on any atom is -0.392 e. The van der Waals surface area contributed by atoms with E-state index in [0.717, 1.165) is 17.7 Å². The van der Waals surface area contributed by atoms with Crippen molar-refractivity contribution in [2.45, 2.75) is 13.0 Å². The standard InChI is InChI=1S/C14H13NO/c16-9-10-5-6-12-8-11-3-1-2-4-13(11)15-14(12)7-10/h1-7,15-16H,8-9H2. The molecule has 0 atom stereocenters. The molecule has 0 aromatic heterocycles. The molecule has 0 bridgehead atoms. The highest BCUT2D eigenvalue weighted by Gasteiger charge is 2.13. The molecule has 0 radical (unpaired) electrons. The molecule has 0 saturated carbocycles. The van der Waals surface area contributed by atoms with E-state index in [1.54, 1.807) is 0 Å². The summed E-state index contributed by atoms with van der Waals surface area (Å²) in [5.74, 6) is 0. The Morgan fingerprint density at radius 3 is 2.69 bits per heavy atom. The maximum Gasteiger partial charge on any atom is 0.0682 e. The molecule has 80 valence electrons. The van der Waals surface area contributed by atoms with Gasteiger partial charge in [-0.05, 0) is 28.8 Å². The van der Waals surface area contributed by atoms with Crippen LogP contribution in [0.5, 0.6) is 0 Å². The molecule has 2 aromatic carbocycles. The van der Waals surface area contributed by atoms with Crippen LogP contribution in [-0.4, -0.2) is 5.11 Å². The van der Waals surface area contributed by atoms with Gasteiger partial charge in [0.1, 0.15) is 0 Å². The van der Waals surface area contributed by atoms with Gasteiger partial charge in [0.05, 0.1) is 6.61 Å². The van der Waals surface area contributed by atoms with E-state index in [1.807, 2.05) is 18.2 Å². The van der Waals surface area contributed by atoms with E-state index >= 15 is 0 Å². The van der Waals surface area contributed by atoms with Gasteiger partial charge < -0.3 is 10.4 Å². The number of rotatable bonds is 1. The summed E-state index contributed by atoms with van der Waals surface area (Å²) in [5.41, 5.74) is 5.85. The number of hydrogen-bond donors (Lipinski definition) is 2. The minimum absolute atomic E-state index is 0.0939. The topological polar surface area (TPSA) is 32.3 Å². The van der Waals surface area contributed by atoms with Crippen molar-refractivity contribution in [2.75, 3.05) is 5.32 Å². The van der Waals surface area contributed by atoms with Crippen molar-refractivity contribution in [2.24, 2.45) is 0 Å². The first-order chi connectivity index (χ1) is 7.86. The summed E-state index contributed by atoms with van der Waals surface area (Å²) in [5, 5.41) is 12.5. The largest absolute Gasteiger partial charge is 0.392 e. The first kappa shape index (κ1) is 9.43. The molecule has 0 amide bonds. The van der Waals surface area contributed by atoms with E-state index in [1.165, 1.54) is 16.8 Å². The van der Waals surface area contributed by atoms with Gasteiger partial charge in [-0.15, -0.1) is 0 Å². The Morgan fingerprint density at radius 2 is 1.81 bits per heavy atom. The van der Waals surface area contributed by atoms with Gasteiger partial charge in [-0.1, -0.05) is 30.3 Å². The molecule has 1 heterocycles. The van der Waals surface area contributed by atoms with E-state index in [9.17, 15) is 0 Å². The lowest BCUT2D eigenvalue weighted by Crippen LogP contribution is -2.06. The summed E-state index contributed by atoms with van der Waals surface area (Å²) in [6, 6.07) is 14.4. The first-order valence-corrected chi connectivity index (χ1v) is 5.44. The monoisotopic (exact) mass is 211 g/mol. The zero-order valence-electron chi connectivity index (χ0n) is 8.90. The Bertz CT molecular complexity index is 534. The number of nitrogens with one attached hydrogen (secondary N) is 1. The Balaban J connectivity index is 2.05. The van der Waals surface area contributed by atoms with Gasteiger partial charge >= 0.3 is 0 Å². The van der Waals surface area contributed by atoms with Crippen LogP contribution < -0.4 is 5.32 Å². The van der Waals surface area contributed by atoms with Crippen LogP contribution in [0.2, 0.25) is 0 Å². The molecular weight excluding hydrogens is 198 g/mol. The van der Waals surface area contributed by atoms with Gasteiger partial charge in [-0.3, -0.25) is 0 Å². The van der Waals surface area contributed by atoms with Crippen LogP contribution in [0.25, 0.3) is 0 Å². The zero-order chi connectivity index (χ0) is 11.0. The molecular formula is C14H13NO. The summed E-state index contributed by atoms with van der Waals surface area (Å²) >= 11 is 0. The number of aliphatic hydroxyl groups excluding tert-OH is 1. The zero-order valence-corrected chi connectivity index (χ0v) is 8.90. The van der Waals surface area contributed by atoms with Crippen LogP contribution >= 0.6 is 0 Å². The molecule has 2 N–H and O–H groups in total. The van der Waals surface area contributed by atoms with Gasteiger partial charge in [0, 0.05) is 17.8 Å². The minimum atomic E-state index is 0.0939. The average Bonchev–Trinajstić information content (AvgIpc) is 2.35. The Labute approximate surface area is 94.6 Å². The van der Waals surface area contributed by atoms with Crippen LogP contribution in [0, 0.1) is 0 Å². The molecule has 2 nitrogen and oxygen atoms in total. The first-order valence-electron chi connectivity index (χ1n) is 5.44.